The van der Waals surface area contributed by atoms with Crippen LogP contribution >= 0.6 is 0 Å². The highest BCUT2D eigenvalue weighted by Crippen LogP contribution is 2.39. The van der Waals surface area contributed by atoms with E-state index >= 15 is 0 Å². The fourth-order valence-electron chi connectivity index (χ4n) is 5.57. The summed E-state index contributed by atoms with van der Waals surface area (Å²) in [5.74, 6) is 4.06. The van der Waals surface area contributed by atoms with Crippen molar-refractivity contribution >= 4 is 16.7 Å². The van der Waals surface area contributed by atoms with Gasteiger partial charge >= 0.3 is 0 Å². The van der Waals surface area contributed by atoms with Crippen LogP contribution in [0.1, 0.15) is 96.7 Å². The highest BCUT2D eigenvalue weighted by molar-refractivity contribution is 5.89. The molecule has 0 amide bonds. The van der Waals surface area contributed by atoms with Crippen LogP contribution in [-0.4, -0.2) is 42.3 Å². The Hall–Kier alpha value is -2.66. The number of hydrogen-bond acceptors (Lipinski definition) is 5. The third-order valence-corrected chi connectivity index (χ3v) is 8.06. The summed E-state index contributed by atoms with van der Waals surface area (Å²) in [6.07, 6.45) is 6.59. The van der Waals surface area contributed by atoms with Crippen molar-refractivity contribution in [3.05, 3.63) is 58.9 Å². The van der Waals surface area contributed by atoms with Gasteiger partial charge < -0.3 is 15.3 Å². The summed E-state index contributed by atoms with van der Waals surface area (Å²) in [5, 5.41) is 15.6. The monoisotopic (exact) mass is 546 g/mol. The van der Waals surface area contributed by atoms with Crippen LogP contribution in [0.5, 0.6) is 5.75 Å². The van der Waals surface area contributed by atoms with Crippen molar-refractivity contribution in [2.45, 2.75) is 98.3 Å². The second-order valence-electron chi connectivity index (χ2n) is 14.1. The van der Waals surface area contributed by atoms with Gasteiger partial charge in [0, 0.05) is 19.5 Å². The fourth-order valence-corrected chi connectivity index (χ4v) is 5.57. The molecule has 5 heteroatoms. The number of nitrogens with zero attached hydrogens (tertiary/aromatic N) is 3. The number of hydrogen-bond donors (Lipinski definition) is 2. The Balaban J connectivity index is 0.000000263. The first-order valence-corrected chi connectivity index (χ1v) is 15.1. The molecule has 0 atom stereocenters. The van der Waals surface area contributed by atoms with Crippen molar-refractivity contribution in [3.63, 3.8) is 0 Å². The zero-order valence-corrected chi connectivity index (χ0v) is 26.9. The second kappa shape index (κ2) is 13.3. The molecule has 0 saturated heterocycles. The van der Waals surface area contributed by atoms with Gasteiger partial charge in [-0.05, 0) is 90.8 Å². The Morgan fingerprint density at radius 1 is 0.900 bits per heavy atom. The van der Waals surface area contributed by atoms with Crippen molar-refractivity contribution < 1.29 is 5.11 Å². The number of phenolic OH excluding ortho intramolecular Hbond substituents is 1. The normalized spacial score (nSPS) is 17.9. The summed E-state index contributed by atoms with van der Waals surface area (Å²) in [6.45, 7) is 19.6. The molecule has 5 nitrogen and oxygen atoms in total. The summed E-state index contributed by atoms with van der Waals surface area (Å²) in [4.78, 5) is 10.8. The SMILES string of the molecule is CC1CCC(CNCCc2cc(C(C)(C)C)c(O)c(C(C)(C)C)c2)CC1.Cc1nc(N(C)C)c2ccccc2n1. The third kappa shape index (κ3) is 8.67. The smallest absolute Gasteiger partial charge is 0.139 e. The van der Waals surface area contributed by atoms with Gasteiger partial charge in [0.1, 0.15) is 17.4 Å². The molecule has 0 bridgehead atoms. The van der Waals surface area contributed by atoms with Crippen molar-refractivity contribution in [2.24, 2.45) is 11.8 Å². The van der Waals surface area contributed by atoms with E-state index in [0.29, 0.717) is 5.75 Å². The standard InChI is InChI=1S/C24H41NO.C11H13N3/c1-17-8-10-18(11-9-17)16-25-13-12-19-14-20(23(2,3)4)22(26)21(15-19)24(5,6)7;1-8-12-10-7-5-4-6-9(10)11(13-8)14(2)3/h14-15,17-18,25-26H,8-13,16H2,1-7H3;4-7H,1-3H3. The molecule has 0 unspecified atom stereocenters. The summed E-state index contributed by atoms with van der Waals surface area (Å²) < 4.78 is 0. The molecule has 0 aliphatic heterocycles. The predicted molar refractivity (Wildman–Crippen MR) is 172 cm³/mol. The van der Waals surface area contributed by atoms with Crippen molar-refractivity contribution in [1.82, 2.24) is 15.3 Å². The molecule has 1 aliphatic carbocycles. The lowest BCUT2D eigenvalue weighted by atomic mass is 9.78. The van der Waals surface area contributed by atoms with Crippen LogP contribution < -0.4 is 10.2 Å². The molecule has 1 aliphatic rings. The molecule has 1 aromatic heterocycles. The minimum absolute atomic E-state index is 0.0493. The number of rotatable bonds is 6. The third-order valence-electron chi connectivity index (χ3n) is 8.06. The van der Waals surface area contributed by atoms with E-state index in [9.17, 15) is 5.11 Å². The van der Waals surface area contributed by atoms with Crippen LogP contribution in [0, 0.1) is 18.8 Å². The molecule has 2 N–H and O–H groups in total. The van der Waals surface area contributed by atoms with E-state index in [0.717, 1.165) is 65.0 Å². The number of anilines is 1. The number of fused-ring (bicyclic) bond motifs is 1. The molecule has 220 valence electrons. The number of aromatic nitrogens is 2. The number of nitrogens with one attached hydrogen (secondary N) is 1. The summed E-state index contributed by atoms with van der Waals surface area (Å²) >= 11 is 0. The van der Waals surface area contributed by atoms with Crippen LogP contribution in [-0.2, 0) is 17.3 Å². The van der Waals surface area contributed by atoms with Crippen LogP contribution in [0.4, 0.5) is 5.82 Å². The van der Waals surface area contributed by atoms with E-state index in [-0.39, 0.29) is 10.8 Å². The molecular formula is C35H54N4O. The lowest BCUT2D eigenvalue weighted by Gasteiger charge is -2.28. The zero-order valence-electron chi connectivity index (χ0n) is 26.9. The maximum Gasteiger partial charge on any atom is 0.139 e. The Morgan fingerprint density at radius 3 is 2.02 bits per heavy atom. The Bertz CT molecular complexity index is 1210. The van der Waals surface area contributed by atoms with E-state index in [1.807, 2.05) is 50.2 Å². The van der Waals surface area contributed by atoms with E-state index in [2.05, 4.69) is 75.9 Å². The fraction of sp³-hybridized carbons (Fsp3) is 0.600. The van der Waals surface area contributed by atoms with Gasteiger partial charge in [-0.15, -0.1) is 0 Å². The van der Waals surface area contributed by atoms with Gasteiger partial charge in [-0.2, -0.15) is 0 Å². The molecule has 4 rings (SSSR count). The molecule has 1 saturated carbocycles. The van der Waals surface area contributed by atoms with Crippen molar-refractivity contribution in [3.8, 4) is 5.75 Å². The molecule has 0 spiro atoms. The quantitative estimate of drug-likeness (QED) is 0.307. The molecule has 40 heavy (non-hydrogen) atoms. The predicted octanol–water partition coefficient (Wildman–Crippen LogP) is 7.95. The average Bonchev–Trinajstić information content (AvgIpc) is 2.86. The topological polar surface area (TPSA) is 61.3 Å². The largest absolute Gasteiger partial charge is 0.507 e. The first-order valence-electron chi connectivity index (χ1n) is 15.1. The highest BCUT2D eigenvalue weighted by Gasteiger charge is 2.26. The van der Waals surface area contributed by atoms with Crippen LogP contribution in [0.3, 0.4) is 0 Å². The molecule has 2 aromatic carbocycles. The molecule has 1 fully saturated rings. The van der Waals surface area contributed by atoms with Gasteiger partial charge in [0.15, 0.2) is 0 Å². The van der Waals surface area contributed by atoms with E-state index < -0.39 is 0 Å². The number of aromatic hydroxyl groups is 1. The van der Waals surface area contributed by atoms with Gasteiger partial charge in [0.2, 0.25) is 0 Å². The lowest BCUT2D eigenvalue weighted by Crippen LogP contribution is -2.27. The van der Waals surface area contributed by atoms with E-state index in [4.69, 9.17) is 0 Å². The average molecular weight is 547 g/mol. The van der Waals surface area contributed by atoms with Gasteiger partial charge in [0.25, 0.3) is 0 Å². The molecular weight excluding hydrogens is 492 g/mol. The summed E-state index contributed by atoms with van der Waals surface area (Å²) in [6, 6.07) is 12.5. The van der Waals surface area contributed by atoms with Crippen LogP contribution in [0.25, 0.3) is 10.9 Å². The highest BCUT2D eigenvalue weighted by atomic mass is 16.3. The maximum absolute atomic E-state index is 10.8. The second-order valence-corrected chi connectivity index (χ2v) is 14.1. The number of para-hydroxylation sites is 1. The van der Waals surface area contributed by atoms with Gasteiger partial charge in [0.05, 0.1) is 5.52 Å². The minimum atomic E-state index is -0.0493. The Morgan fingerprint density at radius 2 is 1.48 bits per heavy atom. The van der Waals surface area contributed by atoms with Crippen LogP contribution in [0.2, 0.25) is 0 Å². The van der Waals surface area contributed by atoms with Crippen molar-refractivity contribution in [2.75, 3.05) is 32.1 Å². The first kappa shape index (κ1) is 31.9. The molecule has 1 heterocycles. The molecule has 0 radical (unpaired) electrons. The first-order chi connectivity index (χ1) is 18.7. The van der Waals surface area contributed by atoms with Crippen LogP contribution in [0.15, 0.2) is 36.4 Å². The van der Waals surface area contributed by atoms with E-state index in [1.165, 1.54) is 31.2 Å². The summed E-state index contributed by atoms with van der Waals surface area (Å²) in [7, 11) is 3.99. The van der Waals surface area contributed by atoms with Gasteiger partial charge in [-0.3, -0.25) is 0 Å². The maximum atomic E-state index is 10.8. The number of benzene rings is 2. The molecule has 3 aromatic rings. The number of phenols is 1. The van der Waals surface area contributed by atoms with Crippen molar-refractivity contribution in [1.29, 1.82) is 0 Å². The zero-order chi connectivity index (χ0) is 29.7. The Labute approximate surface area is 243 Å². The minimum Gasteiger partial charge on any atom is -0.507 e. The van der Waals surface area contributed by atoms with E-state index in [1.54, 1.807) is 0 Å². The summed E-state index contributed by atoms with van der Waals surface area (Å²) in [5.41, 5.74) is 4.38. The Kier molecular flexibility index (Phi) is 10.6. The van der Waals surface area contributed by atoms with Gasteiger partial charge in [-0.1, -0.05) is 85.6 Å². The lowest BCUT2D eigenvalue weighted by molar-refractivity contribution is 0.282. The number of aryl methyl sites for hydroxylation is 1. The van der Waals surface area contributed by atoms with Gasteiger partial charge in [-0.25, -0.2) is 9.97 Å².